The van der Waals surface area contributed by atoms with Crippen LogP contribution < -0.4 is 14.8 Å². The molecule has 0 bridgehead atoms. The second kappa shape index (κ2) is 7.71. The first-order valence-electron chi connectivity index (χ1n) is 9.84. The standard InChI is InChI=1S/C24H24N2O4/c1-16-15-18(11-12-20(16)29-3)24(2)22(27)26(23(28)25-24)13-14-30-21-10-6-8-17-7-4-5-9-19(17)21/h4-12,15H,13-14H2,1-3H3,(H,25,28). The van der Waals surface area contributed by atoms with Crippen LogP contribution in [0.1, 0.15) is 18.1 Å². The number of aryl methyl sites for hydroxylation is 1. The highest BCUT2D eigenvalue weighted by atomic mass is 16.5. The van der Waals surface area contributed by atoms with Crippen molar-refractivity contribution in [2.75, 3.05) is 20.3 Å². The fourth-order valence-corrected chi connectivity index (χ4v) is 3.85. The number of hydrogen-bond donors (Lipinski definition) is 1. The molecule has 30 heavy (non-hydrogen) atoms. The molecule has 1 aliphatic heterocycles. The van der Waals surface area contributed by atoms with Crippen LogP contribution >= 0.6 is 0 Å². The zero-order valence-electron chi connectivity index (χ0n) is 17.3. The SMILES string of the molecule is COc1ccc(C2(C)NC(=O)N(CCOc3cccc4ccccc34)C2=O)cc1C. The number of urea groups is 1. The summed E-state index contributed by atoms with van der Waals surface area (Å²) in [5, 5.41) is 4.90. The van der Waals surface area contributed by atoms with Crippen LogP contribution in [0.25, 0.3) is 10.8 Å². The van der Waals surface area contributed by atoms with Crippen molar-refractivity contribution >= 4 is 22.7 Å². The van der Waals surface area contributed by atoms with E-state index in [1.165, 1.54) is 4.90 Å². The van der Waals surface area contributed by atoms with Crippen LogP contribution in [-0.2, 0) is 10.3 Å². The van der Waals surface area contributed by atoms with Gasteiger partial charge >= 0.3 is 6.03 Å². The molecule has 6 nitrogen and oxygen atoms in total. The quantitative estimate of drug-likeness (QED) is 0.631. The summed E-state index contributed by atoms with van der Waals surface area (Å²) in [6.45, 7) is 4.01. The number of carbonyl (C=O) groups is 2. The van der Waals surface area contributed by atoms with Crippen molar-refractivity contribution in [2.45, 2.75) is 19.4 Å². The third-order valence-corrected chi connectivity index (χ3v) is 5.57. The van der Waals surface area contributed by atoms with Gasteiger partial charge < -0.3 is 14.8 Å². The molecule has 0 aliphatic carbocycles. The molecular weight excluding hydrogens is 380 g/mol. The molecule has 3 aromatic rings. The molecule has 0 saturated carbocycles. The molecule has 3 aromatic carbocycles. The zero-order valence-corrected chi connectivity index (χ0v) is 17.3. The zero-order chi connectivity index (χ0) is 21.3. The largest absolute Gasteiger partial charge is 0.496 e. The molecule has 3 amide bonds. The first-order chi connectivity index (χ1) is 14.4. The number of ether oxygens (including phenoxy) is 2. The fourth-order valence-electron chi connectivity index (χ4n) is 3.85. The van der Waals surface area contributed by atoms with Crippen molar-refractivity contribution in [1.82, 2.24) is 10.2 Å². The average Bonchev–Trinajstić information content (AvgIpc) is 2.97. The smallest absolute Gasteiger partial charge is 0.325 e. The van der Waals surface area contributed by atoms with Crippen LogP contribution in [-0.4, -0.2) is 37.1 Å². The van der Waals surface area contributed by atoms with Crippen molar-refractivity contribution in [3.63, 3.8) is 0 Å². The van der Waals surface area contributed by atoms with Gasteiger partial charge in [0.25, 0.3) is 5.91 Å². The molecule has 4 rings (SSSR count). The van der Waals surface area contributed by atoms with Gasteiger partial charge in [0.2, 0.25) is 0 Å². The van der Waals surface area contributed by atoms with Gasteiger partial charge in [-0.15, -0.1) is 0 Å². The van der Waals surface area contributed by atoms with E-state index in [4.69, 9.17) is 9.47 Å². The lowest BCUT2D eigenvalue weighted by Crippen LogP contribution is -2.41. The number of nitrogens with one attached hydrogen (secondary N) is 1. The number of rotatable bonds is 6. The van der Waals surface area contributed by atoms with Gasteiger partial charge in [-0.3, -0.25) is 9.69 Å². The van der Waals surface area contributed by atoms with Gasteiger partial charge in [-0.05, 0) is 48.6 Å². The molecule has 0 spiro atoms. The number of nitrogens with zero attached hydrogens (tertiary/aromatic N) is 1. The highest BCUT2D eigenvalue weighted by molar-refractivity contribution is 6.07. The Morgan fingerprint density at radius 1 is 1.00 bits per heavy atom. The monoisotopic (exact) mass is 404 g/mol. The van der Waals surface area contributed by atoms with E-state index in [0.29, 0.717) is 0 Å². The Kier molecular flexibility index (Phi) is 5.08. The number of hydrogen-bond acceptors (Lipinski definition) is 4. The van der Waals surface area contributed by atoms with E-state index < -0.39 is 11.6 Å². The Bertz CT molecular complexity index is 1120. The highest BCUT2D eigenvalue weighted by Gasteiger charge is 2.48. The van der Waals surface area contributed by atoms with Gasteiger partial charge in [-0.1, -0.05) is 42.5 Å². The van der Waals surface area contributed by atoms with Gasteiger partial charge in [-0.25, -0.2) is 4.79 Å². The number of benzene rings is 3. The summed E-state index contributed by atoms with van der Waals surface area (Å²) in [6.07, 6.45) is 0. The Labute approximate surface area is 175 Å². The third-order valence-electron chi connectivity index (χ3n) is 5.57. The molecule has 1 fully saturated rings. The predicted molar refractivity (Wildman–Crippen MR) is 115 cm³/mol. The second-order valence-electron chi connectivity index (χ2n) is 7.52. The second-order valence-corrected chi connectivity index (χ2v) is 7.52. The van der Waals surface area contributed by atoms with Crippen molar-refractivity contribution in [3.8, 4) is 11.5 Å². The Morgan fingerprint density at radius 2 is 1.77 bits per heavy atom. The molecular formula is C24H24N2O4. The minimum Gasteiger partial charge on any atom is -0.496 e. The summed E-state index contributed by atoms with van der Waals surface area (Å²) >= 11 is 0. The summed E-state index contributed by atoms with van der Waals surface area (Å²) in [7, 11) is 1.60. The molecule has 1 aliphatic rings. The van der Waals surface area contributed by atoms with E-state index in [1.54, 1.807) is 20.1 Å². The Balaban J connectivity index is 1.48. The summed E-state index contributed by atoms with van der Waals surface area (Å²) in [5.74, 6) is 1.17. The summed E-state index contributed by atoms with van der Waals surface area (Å²) < 4.78 is 11.2. The van der Waals surface area contributed by atoms with Crippen molar-refractivity contribution in [1.29, 1.82) is 0 Å². The van der Waals surface area contributed by atoms with Gasteiger partial charge in [0.15, 0.2) is 0 Å². The molecule has 6 heteroatoms. The maximum Gasteiger partial charge on any atom is 0.325 e. The Morgan fingerprint density at radius 3 is 2.53 bits per heavy atom. The highest BCUT2D eigenvalue weighted by Crippen LogP contribution is 2.32. The first kappa shape index (κ1) is 19.8. The van der Waals surface area contributed by atoms with Crippen molar-refractivity contribution in [3.05, 3.63) is 71.8 Å². The van der Waals surface area contributed by atoms with E-state index >= 15 is 0 Å². The van der Waals surface area contributed by atoms with Gasteiger partial charge in [-0.2, -0.15) is 0 Å². The molecule has 1 N–H and O–H groups in total. The number of fused-ring (bicyclic) bond motifs is 1. The summed E-state index contributed by atoms with van der Waals surface area (Å²) in [5.41, 5.74) is 0.501. The van der Waals surface area contributed by atoms with Crippen LogP contribution in [0.4, 0.5) is 4.79 Å². The maximum absolute atomic E-state index is 13.1. The van der Waals surface area contributed by atoms with E-state index in [0.717, 1.165) is 33.4 Å². The topological polar surface area (TPSA) is 67.9 Å². The summed E-state index contributed by atoms with van der Waals surface area (Å²) in [4.78, 5) is 26.9. The lowest BCUT2D eigenvalue weighted by molar-refractivity contribution is -0.131. The molecule has 0 aromatic heterocycles. The number of methoxy groups -OCH3 is 1. The van der Waals surface area contributed by atoms with E-state index in [2.05, 4.69) is 5.32 Å². The number of carbonyl (C=O) groups excluding carboxylic acids is 2. The average molecular weight is 404 g/mol. The molecule has 1 heterocycles. The molecule has 0 radical (unpaired) electrons. The number of amides is 3. The van der Waals surface area contributed by atoms with Crippen LogP contribution in [0, 0.1) is 6.92 Å². The van der Waals surface area contributed by atoms with Gasteiger partial charge in [0.05, 0.1) is 13.7 Å². The number of imide groups is 1. The maximum atomic E-state index is 13.1. The Hall–Kier alpha value is -3.54. The lowest BCUT2D eigenvalue weighted by Gasteiger charge is -2.23. The van der Waals surface area contributed by atoms with Crippen LogP contribution in [0.3, 0.4) is 0 Å². The van der Waals surface area contributed by atoms with Crippen LogP contribution in [0.5, 0.6) is 11.5 Å². The normalized spacial score (nSPS) is 18.6. The van der Waals surface area contributed by atoms with Gasteiger partial charge in [0, 0.05) is 5.39 Å². The van der Waals surface area contributed by atoms with E-state index in [1.807, 2.05) is 61.5 Å². The molecule has 1 saturated heterocycles. The summed E-state index contributed by atoms with van der Waals surface area (Å²) in [6, 6.07) is 18.8. The fraction of sp³-hybridized carbons (Fsp3) is 0.250. The van der Waals surface area contributed by atoms with Crippen LogP contribution in [0.2, 0.25) is 0 Å². The predicted octanol–water partition coefficient (Wildman–Crippen LogP) is 4.00. The molecule has 1 unspecified atom stereocenters. The lowest BCUT2D eigenvalue weighted by atomic mass is 9.90. The molecule has 1 atom stereocenters. The van der Waals surface area contributed by atoms with E-state index in [9.17, 15) is 9.59 Å². The first-order valence-corrected chi connectivity index (χ1v) is 9.84. The van der Waals surface area contributed by atoms with Crippen molar-refractivity contribution < 1.29 is 19.1 Å². The van der Waals surface area contributed by atoms with Gasteiger partial charge in [0.1, 0.15) is 23.6 Å². The third kappa shape index (κ3) is 3.34. The van der Waals surface area contributed by atoms with Crippen LogP contribution in [0.15, 0.2) is 60.7 Å². The van der Waals surface area contributed by atoms with Crippen molar-refractivity contribution in [2.24, 2.45) is 0 Å². The molecule has 154 valence electrons. The van der Waals surface area contributed by atoms with E-state index in [-0.39, 0.29) is 19.1 Å². The minimum atomic E-state index is -1.12. The minimum absolute atomic E-state index is 0.165.